The highest BCUT2D eigenvalue weighted by atomic mass is 35.5. The summed E-state index contributed by atoms with van der Waals surface area (Å²) in [5, 5.41) is 5.19. The third-order valence-electron chi connectivity index (χ3n) is 5.77. The van der Waals surface area contributed by atoms with Crippen LogP contribution < -0.4 is 4.74 Å². The molecule has 0 bridgehead atoms. The van der Waals surface area contributed by atoms with E-state index in [0.717, 1.165) is 35.2 Å². The standard InChI is InChI=1S/C24H26ClN3O5/c1-5-32-23(29)20(24(30)33-6-2)21-16-8-7-9-18(16)26-22-19(13(3)27-28(21)22)15-11-10-14(31-4)12-17(15)25/h10-12,20H,5-9H2,1-4H3. The van der Waals surface area contributed by atoms with E-state index in [9.17, 15) is 9.59 Å². The van der Waals surface area contributed by atoms with E-state index in [2.05, 4.69) is 0 Å². The van der Waals surface area contributed by atoms with E-state index in [1.807, 2.05) is 19.1 Å². The molecule has 9 heteroatoms. The van der Waals surface area contributed by atoms with Crippen LogP contribution in [-0.4, -0.2) is 46.9 Å². The highest BCUT2D eigenvalue weighted by Gasteiger charge is 2.39. The van der Waals surface area contributed by atoms with Crippen LogP contribution >= 0.6 is 11.6 Å². The highest BCUT2D eigenvalue weighted by Crippen LogP contribution is 2.39. The molecule has 0 saturated heterocycles. The molecule has 0 atom stereocenters. The van der Waals surface area contributed by atoms with Crippen LogP contribution in [0.2, 0.25) is 5.02 Å². The van der Waals surface area contributed by atoms with Gasteiger partial charge >= 0.3 is 11.9 Å². The number of fused-ring (bicyclic) bond motifs is 2. The van der Waals surface area contributed by atoms with Crippen molar-refractivity contribution >= 4 is 29.2 Å². The third kappa shape index (κ3) is 4.04. The molecule has 8 nitrogen and oxygen atoms in total. The van der Waals surface area contributed by atoms with Crippen molar-refractivity contribution in [3.63, 3.8) is 0 Å². The molecule has 4 rings (SSSR count). The second kappa shape index (κ2) is 9.39. The monoisotopic (exact) mass is 471 g/mol. The number of halogens is 1. The quantitative estimate of drug-likeness (QED) is 0.379. The maximum Gasteiger partial charge on any atom is 0.326 e. The Labute approximate surface area is 196 Å². The molecule has 3 aromatic rings. The molecular weight excluding hydrogens is 446 g/mol. The van der Waals surface area contributed by atoms with E-state index >= 15 is 0 Å². The number of carbonyl (C=O) groups excluding carboxylic acids is 2. The minimum Gasteiger partial charge on any atom is -0.497 e. The second-order valence-corrected chi connectivity index (χ2v) is 8.16. The molecule has 1 aliphatic rings. The lowest BCUT2D eigenvalue weighted by Crippen LogP contribution is -2.29. The van der Waals surface area contributed by atoms with Gasteiger partial charge in [-0.05, 0) is 63.8 Å². The predicted octanol–water partition coefficient (Wildman–Crippen LogP) is 4.07. The lowest BCUT2D eigenvalue weighted by Gasteiger charge is -2.19. The zero-order valence-electron chi connectivity index (χ0n) is 19.1. The molecule has 0 aliphatic heterocycles. The van der Waals surface area contributed by atoms with Gasteiger partial charge in [-0.15, -0.1) is 0 Å². The second-order valence-electron chi connectivity index (χ2n) is 7.75. The number of aryl methyl sites for hydroxylation is 2. The number of hydrogen-bond acceptors (Lipinski definition) is 7. The van der Waals surface area contributed by atoms with Crippen LogP contribution in [0.25, 0.3) is 16.8 Å². The third-order valence-corrected chi connectivity index (χ3v) is 6.08. The predicted molar refractivity (Wildman–Crippen MR) is 123 cm³/mol. The van der Waals surface area contributed by atoms with Gasteiger partial charge in [-0.3, -0.25) is 9.59 Å². The van der Waals surface area contributed by atoms with Crippen LogP contribution in [0, 0.1) is 6.92 Å². The fraction of sp³-hybridized carbons (Fsp3) is 0.417. The van der Waals surface area contributed by atoms with Gasteiger partial charge in [0.1, 0.15) is 5.75 Å². The number of esters is 2. The Kier molecular flexibility index (Phi) is 6.56. The Morgan fingerprint density at radius 1 is 1.15 bits per heavy atom. The van der Waals surface area contributed by atoms with Crippen LogP contribution in [-0.2, 0) is 31.9 Å². The summed E-state index contributed by atoms with van der Waals surface area (Å²) in [6.45, 7) is 5.55. The largest absolute Gasteiger partial charge is 0.497 e. The van der Waals surface area contributed by atoms with Crippen LogP contribution in [0.3, 0.4) is 0 Å². The molecule has 0 radical (unpaired) electrons. The summed E-state index contributed by atoms with van der Waals surface area (Å²) in [4.78, 5) is 30.8. The molecular formula is C24H26ClN3O5. The van der Waals surface area contributed by atoms with Crippen LogP contribution in [0.1, 0.15) is 48.8 Å². The fourth-order valence-electron chi connectivity index (χ4n) is 4.38. The summed E-state index contributed by atoms with van der Waals surface area (Å²) in [7, 11) is 1.58. The molecule has 0 N–H and O–H groups in total. The summed E-state index contributed by atoms with van der Waals surface area (Å²) < 4.78 is 17.4. The van der Waals surface area contributed by atoms with Crippen LogP contribution in [0.15, 0.2) is 18.2 Å². The van der Waals surface area contributed by atoms with Crippen LogP contribution in [0.4, 0.5) is 0 Å². The van der Waals surface area contributed by atoms with Crippen molar-refractivity contribution in [1.29, 1.82) is 0 Å². The van der Waals surface area contributed by atoms with E-state index in [-0.39, 0.29) is 13.2 Å². The lowest BCUT2D eigenvalue weighted by molar-refractivity contribution is -0.157. The summed E-state index contributed by atoms with van der Waals surface area (Å²) in [6.07, 6.45) is 2.32. The molecule has 0 unspecified atom stereocenters. The van der Waals surface area contributed by atoms with Crippen molar-refractivity contribution in [3.05, 3.63) is 45.9 Å². The minimum atomic E-state index is -1.25. The zero-order chi connectivity index (χ0) is 23.7. The molecule has 1 aliphatic carbocycles. The number of carbonyl (C=O) groups is 2. The normalized spacial score (nSPS) is 12.8. The first kappa shape index (κ1) is 23.0. The van der Waals surface area contributed by atoms with E-state index in [0.29, 0.717) is 34.2 Å². The van der Waals surface area contributed by atoms with Crippen LogP contribution in [0.5, 0.6) is 5.75 Å². The number of hydrogen-bond donors (Lipinski definition) is 0. The van der Waals surface area contributed by atoms with E-state index in [1.165, 1.54) is 0 Å². The first-order valence-electron chi connectivity index (χ1n) is 11.0. The number of nitrogens with zero attached hydrogens (tertiary/aromatic N) is 3. The average molecular weight is 472 g/mol. The van der Waals surface area contributed by atoms with Crippen molar-refractivity contribution < 1.29 is 23.8 Å². The van der Waals surface area contributed by atoms with Gasteiger partial charge in [-0.1, -0.05) is 11.6 Å². The molecule has 2 aromatic heterocycles. The first-order chi connectivity index (χ1) is 15.9. The maximum atomic E-state index is 13.0. The SMILES string of the molecule is CCOC(=O)C(C(=O)OCC)c1c2c(nc3c(-c4ccc(OC)cc4Cl)c(C)nn13)CCC2. The van der Waals surface area contributed by atoms with Crippen molar-refractivity contribution in [2.45, 2.75) is 46.0 Å². The van der Waals surface area contributed by atoms with Crippen molar-refractivity contribution in [1.82, 2.24) is 14.6 Å². The Morgan fingerprint density at radius 2 is 1.85 bits per heavy atom. The molecule has 1 aromatic carbocycles. The molecule has 0 saturated carbocycles. The van der Waals surface area contributed by atoms with Gasteiger partial charge in [0.25, 0.3) is 0 Å². The van der Waals surface area contributed by atoms with Gasteiger partial charge in [0, 0.05) is 11.3 Å². The molecule has 0 fully saturated rings. The van der Waals surface area contributed by atoms with Gasteiger partial charge < -0.3 is 14.2 Å². The van der Waals surface area contributed by atoms with Crippen molar-refractivity contribution in [3.8, 4) is 16.9 Å². The van der Waals surface area contributed by atoms with Gasteiger partial charge in [-0.25, -0.2) is 9.50 Å². The molecule has 33 heavy (non-hydrogen) atoms. The molecule has 174 valence electrons. The topological polar surface area (TPSA) is 92.0 Å². The maximum absolute atomic E-state index is 13.0. The van der Waals surface area contributed by atoms with Crippen molar-refractivity contribution in [2.75, 3.05) is 20.3 Å². The Bertz CT molecular complexity index is 1220. The minimum absolute atomic E-state index is 0.149. The van der Waals surface area contributed by atoms with Gasteiger partial charge in [0.05, 0.1) is 42.3 Å². The number of benzene rings is 1. The highest BCUT2D eigenvalue weighted by molar-refractivity contribution is 6.33. The fourth-order valence-corrected chi connectivity index (χ4v) is 4.64. The van der Waals surface area contributed by atoms with Gasteiger partial charge in [0.2, 0.25) is 0 Å². The Hall–Kier alpha value is -3.13. The summed E-state index contributed by atoms with van der Waals surface area (Å²) in [5.41, 5.74) is 4.85. The number of methoxy groups -OCH3 is 1. The van der Waals surface area contributed by atoms with E-state index in [1.54, 1.807) is 31.5 Å². The van der Waals surface area contributed by atoms with Crippen molar-refractivity contribution in [2.24, 2.45) is 0 Å². The van der Waals surface area contributed by atoms with E-state index in [4.69, 9.17) is 35.9 Å². The number of aromatic nitrogens is 3. The van der Waals surface area contributed by atoms with E-state index < -0.39 is 17.9 Å². The Morgan fingerprint density at radius 3 is 2.45 bits per heavy atom. The van der Waals surface area contributed by atoms with Gasteiger partial charge in [-0.2, -0.15) is 5.10 Å². The summed E-state index contributed by atoms with van der Waals surface area (Å²) >= 11 is 6.58. The molecule has 0 spiro atoms. The smallest absolute Gasteiger partial charge is 0.326 e. The summed E-state index contributed by atoms with van der Waals surface area (Å²) in [6, 6.07) is 5.40. The zero-order valence-corrected chi connectivity index (χ0v) is 19.9. The first-order valence-corrected chi connectivity index (χ1v) is 11.4. The lowest BCUT2D eigenvalue weighted by atomic mass is 9.98. The number of rotatable bonds is 7. The average Bonchev–Trinajstić information content (AvgIpc) is 3.37. The number of ether oxygens (including phenoxy) is 3. The molecule has 0 amide bonds. The van der Waals surface area contributed by atoms with Gasteiger partial charge in [0.15, 0.2) is 11.6 Å². The Balaban J connectivity index is 2.01. The molecule has 2 heterocycles. The summed E-state index contributed by atoms with van der Waals surface area (Å²) in [5.74, 6) is -1.93.